The van der Waals surface area contributed by atoms with E-state index in [1.54, 1.807) is 0 Å². The van der Waals surface area contributed by atoms with Crippen LogP contribution in [0.5, 0.6) is 0 Å². The number of nitrogens with zero attached hydrogens (tertiary/aromatic N) is 2. The number of carbonyl (C=O) groups is 1. The monoisotopic (exact) mass is 552 g/mol. The first-order valence-electron chi connectivity index (χ1n) is 10.1. The second-order valence-electron chi connectivity index (χ2n) is 7.54. The number of hydrogen-bond acceptors (Lipinski definition) is 3. The Bertz CT molecular complexity index is 1300. The minimum Gasteiger partial charge on any atom is -0.451 e. The lowest BCUT2D eigenvalue weighted by molar-refractivity contribution is -0.139. The first-order chi connectivity index (χ1) is 15.5. The smallest absolute Gasteiger partial charge is 0.334 e. The van der Waals surface area contributed by atoms with Crippen molar-refractivity contribution in [1.82, 2.24) is 9.78 Å². The minimum absolute atomic E-state index is 0.337. The summed E-state index contributed by atoms with van der Waals surface area (Å²) in [5.74, 6) is -0.739. The van der Waals surface area contributed by atoms with Gasteiger partial charge in [0.25, 0.3) is 0 Å². The molecule has 1 saturated heterocycles. The summed E-state index contributed by atoms with van der Waals surface area (Å²) in [6.07, 6.45) is -0.574. The lowest BCUT2D eigenvalue weighted by Crippen LogP contribution is -2.09. The van der Waals surface area contributed by atoms with E-state index < -0.39 is 12.1 Å². The molecule has 1 aromatic heterocycles. The van der Waals surface area contributed by atoms with Crippen molar-refractivity contribution in [3.05, 3.63) is 117 Å². The lowest BCUT2D eigenvalue weighted by atomic mass is 9.88. The third kappa shape index (κ3) is 3.65. The molecule has 2 atom stereocenters. The van der Waals surface area contributed by atoms with Crippen LogP contribution in [-0.2, 0) is 9.53 Å². The van der Waals surface area contributed by atoms with Crippen LogP contribution in [0.1, 0.15) is 23.3 Å². The van der Waals surface area contributed by atoms with E-state index in [0.717, 1.165) is 26.1 Å². The highest BCUT2D eigenvalue weighted by molar-refractivity contribution is 14.1. The molecule has 0 aliphatic carbocycles. The summed E-state index contributed by atoms with van der Waals surface area (Å²) in [5.41, 5.74) is 4.97. The molecule has 158 valence electrons. The topological polar surface area (TPSA) is 44.1 Å². The van der Waals surface area contributed by atoms with Crippen molar-refractivity contribution in [1.29, 1.82) is 0 Å². The van der Waals surface area contributed by atoms with Crippen LogP contribution >= 0.6 is 34.2 Å². The van der Waals surface area contributed by atoms with Crippen LogP contribution in [0, 0.1) is 3.57 Å². The quantitative estimate of drug-likeness (QED) is 0.160. The van der Waals surface area contributed by atoms with Crippen LogP contribution in [0.25, 0.3) is 16.9 Å². The molecule has 1 aliphatic rings. The van der Waals surface area contributed by atoms with Gasteiger partial charge in [0, 0.05) is 16.2 Å². The van der Waals surface area contributed by atoms with Gasteiger partial charge in [0.1, 0.15) is 5.69 Å². The van der Waals surface area contributed by atoms with Crippen LogP contribution in [0.4, 0.5) is 0 Å². The Morgan fingerprint density at radius 2 is 1.56 bits per heavy atom. The predicted molar refractivity (Wildman–Crippen MR) is 134 cm³/mol. The van der Waals surface area contributed by atoms with E-state index in [9.17, 15) is 4.79 Å². The highest BCUT2D eigenvalue weighted by Crippen LogP contribution is 2.47. The third-order valence-electron chi connectivity index (χ3n) is 5.57. The zero-order valence-corrected chi connectivity index (χ0v) is 19.8. The Balaban J connectivity index is 1.69. The van der Waals surface area contributed by atoms with Crippen molar-refractivity contribution in [3.63, 3.8) is 0 Å². The average molecular weight is 553 g/mol. The highest BCUT2D eigenvalue weighted by Gasteiger charge is 2.43. The number of hydrogen-bond donors (Lipinski definition) is 0. The van der Waals surface area contributed by atoms with Crippen molar-refractivity contribution in [3.8, 4) is 16.9 Å². The summed E-state index contributed by atoms with van der Waals surface area (Å²) in [6, 6.07) is 27.5. The minimum atomic E-state index is -0.574. The fourth-order valence-corrected chi connectivity index (χ4v) is 5.11. The van der Waals surface area contributed by atoms with E-state index in [2.05, 4.69) is 41.3 Å². The van der Waals surface area contributed by atoms with E-state index in [-0.39, 0.29) is 5.92 Å². The third-order valence-corrected chi connectivity index (χ3v) is 6.89. The van der Waals surface area contributed by atoms with Crippen molar-refractivity contribution in [2.24, 2.45) is 0 Å². The predicted octanol–water partition coefficient (Wildman–Crippen LogP) is 6.74. The molecule has 0 N–H and O–H groups in total. The number of aromatic nitrogens is 2. The molecule has 32 heavy (non-hydrogen) atoms. The van der Waals surface area contributed by atoms with E-state index in [1.165, 1.54) is 0 Å². The highest BCUT2D eigenvalue weighted by atomic mass is 127. The van der Waals surface area contributed by atoms with Gasteiger partial charge >= 0.3 is 5.97 Å². The van der Waals surface area contributed by atoms with Crippen LogP contribution in [-0.4, -0.2) is 15.7 Å². The Morgan fingerprint density at radius 3 is 2.22 bits per heavy atom. The SMILES string of the molecule is C=C1C(=O)OC(c2nn(-c3ccccc3)c(-c3ccccc3)c2I)C1c1ccc(Cl)cc1. The van der Waals surface area contributed by atoms with Crippen molar-refractivity contribution in [2.75, 3.05) is 0 Å². The molecule has 1 aliphatic heterocycles. The van der Waals surface area contributed by atoms with Crippen LogP contribution < -0.4 is 0 Å². The first kappa shape index (κ1) is 21.0. The number of benzene rings is 3. The second-order valence-corrected chi connectivity index (χ2v) is 9.06. The van der Waals surface area contributed by atoms with Crippen molar-refractivity contribution in [2.45, 2.75) is 12.0 Å². The lowest BCUT2D eigenvalue weighted by Gasteiger charge is -2.17. The van der Waals surface area contributed by atoms with E-state index in [1.807, 2.05) is 77.5 Å². The number of cyclic esters (lactones) is 1. The molecule has 0 spiro atoms. The maximum Gasteiger partial charge on any atom is 0.334 e. The number of esters is 1. The zero-order chi connectivity index (χ0) is 22.2. The first-order valence-corrected chi connectivity index (χ1v) is 11.5. The van der Waals surface area contributed by atoms with Gasteiger partial charge in [-0.3, -0.25) is 0 Å². The fourth-order valence-electron chi connectivity index (χ4n) is 4.03. The van der Waals surface area contributed by atoms with Crippen molar-refractivity contribution < 1.29 is 9.53 Å². The van der Waals surface area contributed by atoms with Crippen LogP contribution in [0.2, 0.25) is 5.02 Å². The van der Waals surface area contributed by atoms with Gasteiger partial charge in [0.05, 0.1) is 20.9 Å². The van der Waals surface area contributed by atoms with E-state index in [0.29, 0.717) is 16.3 Å². The number of halogens is 2. The number of ether oxygens (including phenoxy) is 1. The molecule has 4 aromatic rings. The summed E-state index contributed by atoms with van der Waals surface area (Å²) in [6.45, 7) is 4.02. The normalized spacial score (nSPS) is 18.1. The number of para-hydroxylation sites is 1. The fraction of sp³-hybridized carbons (Fsp3) is 0.0769. The molecule has 0 saturated carbocycles. The Kier molecular flexibility index (Phi) is 5.61. The number of rotatable bonds is 4. The molecule has 5 rings (SSSR count). The standard InChI is InChI=1S/C26H18ClIN2O2/c1-16-21(17-12-14-19(27)15-13-17)25(32-26(16)31)23-22(28)24(18-8-4-2-5-9-18)30(29-23)20-10-6-3-7-11-20/h2-15,21,25H,1H2. The van der Waals surface area contributed by atoms with Crippen molar-refractivity contribution >= 4 is 40.2 Å². The molecular formula is C26H18ClIN2O2. The molecular weight excluding hydrogens is 535 g/mol. The molecule has 3 aromatic carbocycles. The maximum absolute atomic E-state index is 12.6. The summed E-state index contributed by atoms with van der Waals surface area (Å²) < 4.78 is 8.68. The summed E-state index contributed by atoms with van der Waals surface area (Å²) >= 11 is 8.39. The largest absolute Gasteiger partial charge is 0.451 e. The average Bonchev–Trinajstić information content (AvgIpc) is 3.32. The Hall–Kier alpha value is -2.90. The van der Waals surface area contributed by atoms with E-state index in [4.69, 9.17) is 21.4 Å². The molecule has 0 bridgehead atoms. The van der Waals surface area contributed by atoms with Gasteiger partial charge in [-0.1, -0.05) is 78.8 Å². The van der Waals surface area contributed by atoms with Gasteiger partial charge in [-0.2, -0.15) is 5.10 Å². The van der Waals surface area contributed by atoms with Gasteiger partial charge in [-0.25, -0.2) is 9.48 Å². The zero-order valence-electron chi connectivity index (χ0n) is 16.9. The Labute approximate surface area is 204 Å². The summed E-state index contributed by atoms with van der Waals surface area (Å²) in [5, 5.41) is 5.60. The van der Waals surface area contributed by atoms with Gasteiger partial charge in [-0.15, -0.1) is 0 Å². The summed E-state index contributed by atoms with van der Waals surface area (Å²) in [7, 11) is 0. The second kappa shape index (κ2) is 8.56. The van der Waals surface area contributed by atoms with Crippen LogP contribution in [0.3, 0.4) is 0 Å². The molecule has 4 nitrogen and oxygen atoms in total. The Morgan fingerprint density at radius 1 is 0.938 bits per heavy atom. The molecule has 2 unspecified atom stereocenters. The van der Waals surface area contributed by atoms with Gasteiger partial charge in [0.2, 0.25) is 0 Å². The number of carbonyl (C=O) groups excluding carboxylic acids is 1. The maximum atomic E-state index is 12.6. The molecule has 0 radical (unpaired) electrons. The molecule has 1 fully saturated rings. The van der Waals surface area contributed by atoms with Gasteiger partial charge < -0.3 is 4.74 Å². The summed E-state index contributed by atoms with van der Waals surface area (Å²) in [4.78, 5) is 12.6. The molecule has 0 amide bonds. The van der Waals surface area contributed by atoms with E-state index >= 15 is 0 Å². The molecule has 2 heterocycles. The molecule has 6 heteroatoms. The van der Waals surface area contributed by atoms with Crippen LogP contribution in [0.15, 0.2) is 97.1 Å². The van der Waals surface area contributed by atoms with Gasteiger partial charge in [0.15, 0.2) is 6.10 Å². The van der Waals surface area contributed by atoms with Gasteiger partial charge in [-0.05, 0) is 52.4 Å².